The average Bonchev–Trinajstić information content (AvgIpc) is 3.10. The van der Waals surface area contributed by atoms with E-state index in [9.17, 15) is 0 Å². The van der Waals surface area contributed by atoms with Crippen molar-refractivity contribution in [2.24, 2.45) is 5.92 Å². The zero-order valence-corrected chi connectivity index (χ0v) is 14.5. The first-order valence-corrected chi connectivity index (χ1v) is 8.56. The summed E-state index contributed by atoms with van der Waals surface area (Å²) in [5.74, 6) is 1.97. The molecule has 0 aromatic heterocycles. The number of fused-ring (bicyclic) bond motifs is 3. The lowest BCUT2D eigenvalue weighted by atomic mass is 9.77. The highest BCUT2D eigenvalue weighted by molar-refractivity contribution is 5.62. The molecule has 3 nitrogen and oxygen atoms in total. The van der Waals surface area contributed by atoms with Gasteiger partial charge in [-0.05, 0) is 53.8 Å². The van der Waals surface area contributed by atoms with E-state index in [0.717, 1.165) is 12.2 Å². The smallest absolute Gasteiger partial charge is 0.119 e. The van der Waals surface area contributed by atoms with E-state index in [1.165, 1.54) is 22.5 Å². The molecular weight excluding hydrogens is 296 g/mol. The van der Waals surface area contributed by atoms with Crippen molar-refractivity contribution in [1.82, 2.24) is 0 Å². The maximum atomic E-state index is 5.42. The minimum Gasteiger partial charge on any atom is -0.497 e. The zero-order chi connectivity index (χ0) is 16.7. The molecule has 2 aromatic carbocycles. The number of ether oxygens (including phenoxy) is 1. The van der Waals surface area contributed by atoms with Crippen LogP contribution in [-0.2, 0) is 0 Å². The van der Waals surface area contributed by atoms with Crippen molar-refractivity contribution in [1.29, 1.82) is 0 Å². The summed E-state index contributed by atoms with van der Waals surface area (Å²) in [6.07, 6.45) is 5.81. The summed E-state index contributed by atoms with van der Waals surface area (Å²) in [6, 6.07) is 15.7. The molecule has 0 spiro atoms. The van der Waals surface area contributed by atoms with Crippen molar-refractivity contribution in [3.8, 4) is 5.75 Å². The van der Waals surface area contributed by atoms with Gasteiger partial charge >= 0.3 is 0 Å². The molecule has 1 heterocycles. The summed E-state index contributed by atoms with van der Waals surface area (Å²) in [4.78, 5) is 2.14. The first kappa shape index (κ1) is 15.1. The SMILES string of the molecule is COc1ccc2c(c1)C1C=CCC1C(c1ccc(N(C)C)cc1)N2. The van der Waals surface area contributed by atoms with Gasteiger partial charge in [0.2, 0.25) is 0 Å². The van der Waals surface area contributed by atoms with Gasteiger partial charge in [-0.1, -0.05) is 24.3 Å². The van der Waals surface area contributed by atoms with Gasteiger partial charge in [0.1, 0.15) is 5.75 Å². The van der Waals surface area contributed by atoms with Gasteiger partial charge in [0.05, 0.1) is 13.2 Å². The molecule has 3 heteroatoms. The van der Waals surface area contributed by atoms with Gasteiger partial charge in [0.15, 0.2) is 0 Å². The molecule has 1 aliphatic carbocycles. The van der Waals surface area contributed by atoms with E-state index in [1.807, 2.05) is 6.07 Å². The van der Waals surface area contributed by atoms with E-state index in [-0.39, 0.29) is 0 Å². The molecule has 1 N–H and O–H groups in total. The quantitative estimate of drug-likeness (QED) is 0.837. The van der Waals surface area contributed by atoms with Crippen LogP contribution >= 0.6 is 0 Å². The Morgan fingerprint density at radius 1 is 1.08 bits per heavy atom. The van der Waals surface area contributed by atoms with E-state index in [1.54, 1.807) is 7.11 Å². The number of anilines is 2. The number of methoxy groups -OCH3 is 1. The number of allylic oxidation sites excluding steroid dienone is 2. The molecule has 2 aliphatic rings. The van der Waals surface area contributed by atoms with Crippen LogP contribution in [0.15, 0.2) is 54.6 Å². The molecule has 3 unspecified atom stereocenters. The maximum absolute atomic E-state index is 5.42. The van der Waals surface area contributed by atoms with E-state index in [4.69, 9.17) is 4.74 Å². The fraction of sp³-hybridized carbons (Fsp3) is 0.333. The summed E-state index contributed by atoms with van der Waals surface area (Å²) >= 11 is 0. The number of benzene rings is 2. The molecule has 0 saturated carbocycles. The predicted molar refractivity (Wildman–Crippen MR) is 100 cm³/mol. The highest BCUT2D eigenvalue weighted by Crippen LogP contribution is 2.50. The second kappa shape index (κ2) is 5.90. The van der Waals surface area contributed by atoms with Crippen molar-refractivity contribution in [2.45, 2.75) is 18.4 Å². The topological polar surface area (TPSA) is 24.5 Å². The molecule has 0 bridgehead atoms. The molecule has 1 aliphatic heterocycles. The maximum Gasteiger partial charge on any atom is 0.119 e. The lowest BCUT2D eigenvalue weighted by molar-refractivity contribution is 0.405. The Bertz CT molecular complexity index is 764. The molecule has 0 fully saturated rings. The van der Waals surface area contributed by atoms with Crippen LogP contribution in [0.25, 0.3) is 0 Å². The summed E-state index contributed by atoms with van der Waals surface area (Å²) in [5, 5.41) is 3.78. The second-order valence-electron chi connectivity index (χ2n) is 6.91. The summed E-state index contributed by atoms with van der Waals surface area (Å²) in [7, 11) is 5.89. The van der Waals surface area contributed by atoms with Gasteiger partial charge in [-0.15, -0.1) is 0 Å². The standard InChI is InChI=1S/C21H24N2O/c1-23(2)15-9-7-14(8-10-15)21-18-6-4-5-17(18)19-13-16(24-3)11-12-20(19)22-21/h4-5,7-13,17-18,21-22H,6H2,1-3H3. The number of nitrogens with one attached hydrogen (secondary N) is 1. The van der Waals surface area contributed by atoms with E-state index in [0.29, 0.717) is 17.9 Å². The Balaban J connectivity index is 1.70. The normalized spacial score (nSPS) is 24.0. The van der Waals surface area contributed by atoms with E-state index in [2.05, 4.69) is 72.9 Å². The van der Waals surface area contributed by atoms with Crippen molar-refractivity contribution < 1.29 is 4.74 Å². The minimum absolute atomic E-state index is 0.349. The van der Waals surface area contributed by atoms with E-state index < -0.39 is 0 Å². The van der Waals surface area contributed by atoms with Crippen LogP contribution in [0.5, 0.6) is 5.75 Å². The third kappa shape index (κ3) is 2.44. The molecule has 0 radical (unpaired) electrons. The van der Waals surface area contributed by atoms with Crippen LogP contribution in [0, 0.1) is 5.92 Å². The van der Waals surface area contributed by atoms with Crippen molar-refractivity contribution in [2.75, 3.05) is 31.4 Å². The molecule has 4 rings (SSSR count). The molecule has 0 amide bonds. The molecule has 2 aromatic rings. The predicted octanol–water partition coefficient (Wildman–Crippen LogP) is 4.59. The fourth-order valence-corrected chi connectivity index (χ4v) is 4.01. The van der Waals surface area contributed by atoms with Gasteiger partial charge in [0.25, 0.3) is 0 Å². The molecule has 0 saturated heterocycles. The lowest BCUT2D eigenvalue weighted by Crippen LogP contribution is -2.29. The first-order chi connectivity index (χ1) is 11.7. The zero-order valence-electron chi connectivity index (χ0n) is 14.5. The highest BCUT2D eigenvalue weighted by atomic mass is 16.5. The van der Waals surface area contributed by atoms with E-state index >= 15 is 0 Å². The van der Waals surface area contributed by atoms with Gasteiger partial charge in [-0.2, -0.15) is 0 Å². The molecule has 124 valence electrons. The Hall–Kier alpha value is -2.42. The average molecular weight is 320 g/mol. The molecule has 24 heavy (non-hydrogen) atoms. The monoisotopic (exact) mass is 320 g/mol. The Kier molecular flexibility index (Phi) is 3.72. The number of hydrogen-bond donors (Lipinski definition) is 1. The number of rotatable bonds is 3. The first-order valence-electron chi connectivity index (χ1n) is 8.56. The van der Waals surface area contributed by atoms with Crippen molar-refractivity contribution in [3.63, 3.8) is 0 Å². The van der Waals surface area contributed by atoms with Gasteiger partial charge in [-0.25, -0.2) is 0 Å². The van der Waals surface area contributed by atoms with Gasteiger partial charge in [0, 0.05) is 31.4 Å². The van der Waals surface area contributed by atoms with Gasteiger partial charge < -0.3 is 15.0 Å². The lowest BCUT2D eigenvalue weighted by Gasteiger charge is -2.37. The largest absolute Gasteiger partial charge is 0.497 e. The Morgan fingerprint density at radius 2 is 1.88 bits per heavy atom. The third-order valence-corrected chi connectivity index (χ3v) is 5.34. The third-order valence-electron chi connectivity index (χ3n) is 5.34. The van der Waals surface area contributed by atoms with Crippen molar-refractivity contribution in [3.05, 3.63) is 65.7 Å². The molecular formula is C21H24N2O. The Morgan fingerprint density at radius 3 is 2.58 bits per heavy atom. The summed E-state index contributed by atoms with van der Waals surface area (Å²) < 4.78 is 5.42. The number of hydrogen-bond acceptors (Lipinski definition) is 3. The van der Waals surface area contributed by atoms with Gasteiger partial charge in [-0.3, -0.25) is 0 Å². The van der Waals surface area contributed by atoms with Crippen molar-refractivity contribution >= 4 is 11.4 Å². The van der Waals surface area contributed by atoms with Crippen LogP contribution in [0.4, 0.5) is 11.4 Å². The summed E-state index contributed by atoms with van der Waals surface area (Å²) in [5.41, 5.74) is 5.18. The second-order valence-corrected chi connectivity index (χ2v) is 6.91. The fourth-order valence-electron chi connectivity index (χ4n) is 4.01. The minimum atomic E-state index is 0.349. The van der Waals surface area contributed by atoms with Crippen LogP contribution in [-0.4, -0.2) is 21.2 Å². The summed E-state index contributed by atoms with van der Waals surface area (Å²) in [6.45, 7) is 0. The number of nitrogens with zero attached hydrogens (tertiary/aromatic N) is 1. The highest BCUT2D eigenvalue weighted by Gasteiger charge is 2.37. The molecule has 3 atom stereocenters. The van der Waals surface area contributed by atoms with Crippen LogP contribution in [0.1, 0.15) is 29.5 Å². The van der Waals surface area contributed by atoms with Crippen LogP contribution in [0.2, 0.25) is 0 Å². The van der Waals surface area contributed by atoms with Crippen LogP contribution in [0.3, 0.4) is 0 Å². The Labute approximate surface area is 143 Å². The van der Waals surface area contributed by atoms with Crippen LogP contribution < -0.4 is 15.0 Å².